The van der Waals surface area contributed by atoms with Gasteiger partial charge in [0.15, 0.2) is 5.76 Å². The van der Waals surface area contributed by atoms with Crippen LogP contribution >= 0.6 is 27.7 Å². The van der Waals surface area contributed by atoms with Gasteiger partial charge in [0.2, 0.25) is 5.91 Å². The van der Waals surface area contributed by atoms with E-state index in [1.807, 2.05) is 85.8 Å². The lowest BCUT2D eigenvalue weighted by Gasteiger charge is -2.06. The van der Waals surface area contributed by atoms with Gasteiger partial charge in [0, 0.05) is 21.3 Å². The summed E-state index contributed by atoms with van der Waals surface area (Å²) in [5, 5.41) is 3.38. The van der Waals surface area contributed by atoms with Crippen LogP contribution in [0.1, 0.15) is 5.56 Å². The summed E-state index contributed by atoms with van der Waals surface area (Å²) in [5.74, 6) is 0.800. The number of carbonyl (C=O) groups is 1. The van der Waals surface area contributed by atoms with Crippen LogP contribution in [0.25, 0.3) is 22.6 Å². The van der Waals surface area contributed by atoms with Crippen LogP contribution in [0.3, 0.4) is 0 Å². The number of hydrogen-bond donors (Lipinski definition) is 1. The van der Waals surface area contributed by atoms with Crippen molar-refractivity contribution in [1.82, 2.24) is 4.98 Å². The Morgan fingerprint density at radius 3 is 2.33 bits per heavy atom. The lowest BCUT2D eigenvalue weighted by molar-refractivity contribution is -0.113. The molecule has 3 aromatic carbocycles. The van der Waals surface area contributed by atoms with E-state index < -0.39 is 0 Å². The zero-order valence-corrected chi connectivity index (χ0v) is 18.7. The Balaban J connectivity index is 1.52. The summed E-state index contributed by atoms with van der Waals surface area (Å²) >= 11 is 4.75. The van der Waals surface area contributed by atoms with E-state index in [4.69, 9.17) is 4.42 Å². The Kier molecular flexibility index (Phi) is 6.35. The van der Waals surface area contributed by atoms with Crippen LogP contribution in [0.4, 0.5) is 5.69 Å². The molecule has 4 aromatic rings. The van der Waals surface area contributed by atoms with E-state index in [0.29, 0.717) is 11.0 Å². The smallest absolute Gasteiger partial charge is 0.257 e. The topological polar surface area (TPSA) is 55.1 Å². The molecule has 0 spiro atoms. The van der Waals surface area contributed by atoms with Gasteiger partial charge in [0.25, 0.3) is 5.22 Å². The summed E-state index contributed by atoms with van der Waals surface area (Å²) in [7, 11) is 0. The predicted octanol–water partition coefficient (Wildman–Crippen LogP) is 6.81. The van der Waals surface area contributed by atoms with Gasteiger partial charge in [-0.2, -0.15) is 0 Å². The monoisotopic (exact) mass is 478 g/mol. The highest BCUT2D eigenvalue weighted by molar-refractivity contribution is 9.10. The summed E-state index contributed by atoms with van der Waals surface area (Å²) in [6.07, 6.45) is 0. The third kappa shape index (κ3) is 4.83. The average molecular weight is 479 g/mol. The van der Waals surface area contributed by atoms with Crippen molar-refractivity contribution in [2.24, 2.45) is 0 Å². The fraction of sp³-hybridized carbons (Fsp3) is 0.0833. The molecule has 0 aliphatic carbocycles. The molecule has 4 nitrogen and oxygen atoms in total. The van der Waals surface area contributed by atoms with Crippen molar-refractivity contribution in [3.63, 3.8) is 0 Å². The number of amides is 1. The Bertz CT molecular complexity index is 1100. The van der Waals surface area contributed by atoms with Crippen LogP contribution in [0.15, 0.2) is 93.0 Å². The van der Waals surface area contributed by atoms with Gasteiger partial charge < -0.3 is 9.73 Å². The summed E-state index contributed by atoms with van der Waals surface area (Å²) in [6.45, 7) is 1.98. The third-order valence-electron chi connectivity index (χ3n) is 4.46. The minimum Gasteiger partial charge on any atom is -0.431 e. The molecule has 6 heteroatoms. The van der Waals surface area contributed by atoms with Crippen LogP contribution in [0.5, 0.6) is 0 Å². The fourth-order valence-electron chi connectivity index (χ4n) is 2.99. The maximum Gasteiger partial charge on any atom is 0.257 e. The van der Waals surface area contributed by atoms with E-state index in [2.05, 4.69) is 26.2 Å². The number of halogens is 1. The second-order valence-corrected chi connectivity index (χ2v) is 8.47. The van der Waals surface area contributed by atoms with Gasteiger partial charge in [0.1, 0.15) is 5.69 Å². The molecule has 0 unspecified atom stereocenters. The highest BCUT2D eigenvalue weighted by Crippen LogP contribution is 2.35. The van der Waals surface area contributed by atoms with Crippen molar-refractivity contribution in [1.29, 1.82) is 0 Å². The number of benzene rings is 3. The number of oxazole rings is 1. The number of anilines is 1. The molecule has 0 fully saturated rings. The van der Waals surface area contributed by atoms with Crippen LogP contribution in [0, 0.1) is 6.92 Å². The molecule has 30 heavy (non-hydrogen) atoms. The van der Waals surface area contributed by atoms with E-state index in [9.17, 15) is 4.79 Å². The van der Waals surface area contributed by atoms with E-state index in [1.54, 1.807) is 0 Å². The number of thioether (sulfide) groups is 1. The first kappa shape index (κ1) is 20.4. The Labute approximate surface area is 187 Å². The number of nitrogens with one attached hydrogen (secondary N) is 1. The predicted molar refractivity (Wildman–Crippen MR) is 126 cm³/mol. The Morgan fingerprint density at radius 2 is 1.67 bits per heavy atom. The molecule has 1 aromatic heterocycles. The molecule has 0 atom stereocenters. The molecule has 4 rings (SSSR count). The first-order chi connectivity index (χ1) is 14.6. The fourth-order valence-corrected chi connectivity index (χ4v) is 3.86. The van der Waals surface area contributed by atoms with Crippen LogP contribution in [0.2, 0.25) is 0 Å². The second-order valence-electron chi connectivity index (χ2n) is 6.69. The summed E-state index contributed by atoms with van der Waals surface area (Å²) in [4.78, 5) is 17.1. The third-order valence-corrected chi connectivity index (χ3v) is 6.18. The standard InChI is InChI=1S/C24H19BrN2O2S/c1-16-14-19(12-13-20(16)25)26-21(28)15-30-24-27-22(17-8-4-2-5-9-17)23(29-24)18-10-6-3-7-11-18/h2-14H,15H2,1H3,(H,26,28). The van der Waals surface area contributed by atoms with E-state index >= 15 is 0 Å². The van der Waals surface area contributed by atoms with Crippen LogP contribution in [-0.4, -0.2) is 16.6 Å². The Hall–Kier alpha value is -2.83. The lowest BCUT2D eigenvalue weighted by Crippen LogP contribution is -2.14. The zero-order chi connectivity index (χ0) is 20.9. The molecule has 1 N–H and O–H groups in total. The minimum absolute atomic E-state index is 0.109. The number of rotatable bonds is 6. The van der Waals surface area contributed by atoms with Crippen molar-refractivity contribution in [3.05, 3.63) is 88.9 Å². The molecule has 0 aliphatic heterocycles. The molecule has 0 saturated carbocycles. The van der Waals surface area contributed by atoms with E-state index in [-0.39, 0.29) is 11.7 Å². The number of carbonyl (C=O) groups excluding carboxylic acids is 1. The van der Waals surface area contributed by atoms with Gasteiger partial charge in [-0.25, -0.2) is 4.98 Å². The Morgan fingerprint density at radius 1 is 1.00 bits per heavy atom. The van der Waals surface area contributed by atoms with Crippen molar-refractivity contribution in [2.45, 2.75) is 12.1 Å². The molecular weight excluding hydrogens is 460 g/mol. The number of aromatic nitrogens is 1. The van der Waals surface area contributed by atoms with Gasteiger partial charge in [-0.3, -0.25) is 4.79 Å². The molecule has 0 saturated heterocycles. The van der Waals surface area contributed by atoms with Crippen LogP contribution < -0.4 is 5.32 Å². The molecule has 0 aliphatic rings. The van der Waals surface area contributed by atoms with Crippen molar-refractivity contribution in [2.75, 3.05) is 11.1 Å². The largest absolute Gasteiger partial charge is 0.431 e. The molecule has 1 amide bonds. The first-order valence-electron chi connectivity index (χ1n) is 9.40. The van der Waals surface area contributed by atoms with E-state index in [1.165, 1.54) is 11.8 Å². The zero-order valence-electron chi connectivity index (χ0n) is 16.3. The maximum absolute atomic E-state index is 12.4. The molecule has 150 valence electrons. The summed E-state index contributed by atoms with van der Waals surface area (Å²) in [5.41, 5.74) is 4.53. The second kappa shape index (κ2) is 9.32. The van der Waals surface area contributed by atoms with Gasteiger partial charge in [0.05, 0.1) is 5.75 Å². The highest BCUT2D eigenvalue weighted by atomic mass is 79.9. The number of hydrogen-bond acceptors (Lipinski definition) is 4. The molecule has 1 heterocycles. The van der Waals surface area contributed by atoms with Crippen LogP contribution in [-0.2, 0) is 4.79 Å². The molecular formula is C24H19BrN2O2S. The van der Waals surface area contributed by atoms with Gasteiger partial charge in [-0.1, -0.05) is 88.4 Å². The van der Waals surface area contributed by atoms with Crippen molar-refractivity contribution in [3.8, 4) is 22.6 Å². The summed E-state index contributed by atoms with van der Waals surface area (Å²) in [6, 6.07) is 25.5. The van der Waals surface area contributed by atoms with Crippen molar-refractivity contribution >= 4 is 39.3 Å². The van der Waals surface area contributed by atoms with Gasteiger partial charge in [-0.15, -0.1) is 0 Å². The van der Waals surface area contributed by atoms with Gasteiger partial charge >= 0.3 is 0 Å². The SMILES string of the molecule is Cc1cc(NC(=O)CSc2nc(-c3ccccc3)c(-c3ccccc3)o2)ccc1Br. The average Bonchev–Trinajstić information content (AvgIpc) is 3.21. The van der Waals surface area contributed by atoms with Gasteiger partial charge in [-0.05, 0) is 30.7 Å². The quantitative estimate of drug-likeness (QED) is 0.309. The van der Waals surface area contributed by atoms with Crippen molar-refractivity contribution < 1.29 is 9.21 Å². The number of aryl methyl sites for hydroxylation is 1. The maximum atomic E-state index is 12.4. The minimum atomic E-state index is -0.109. The first-order valence-corrected chi connectivity index (χ1v) is 11.2. The normalized spacial score (nSPS) is 10.7. The number of nitrogens with zero attached hydrogens (tertiary/aromatic N) is 1. The highest BCUT2D eigenvalue weighted by Gasteiger charge is 2.18. The molecule has 0 radical (unpaired) electrons. The summed E-state index contributed by atoms with van der Waals surface area (Å²) < 4.78 is 7.07. The lowest BCUT2D eigenvalue weighted by atomic mass is 10.1. The molecule has 0 bridgehead atoms. The van der Waals surface area contributed by atoms with E-state index in [0.717, 1.165) is 32.5 Å².